The summed E-state index contributed by atoms with van der Waals surface area (Å²) < 4.78 is 0. The molecule has 0 spiro atoms. The Balaban J connectivity index is 1.73. The lowest BCUT2D eigenvalue weighted by Crippen LogP contribution is -2.60. The Kier molecular flexibility index (Phi) is 9.98. The van der Waals surface area contributed by atoms with Crippen LogP contribution in [-0.2, 0) is 11.3 Å². The number of hydrogen-bond donors (Lipinski definition) is 3. The van der Waals surface area contributed by atoms with Crippen LogP contribution in [0.2, 0.25) is 10.0 Å². The van der Waals surface area contributed by atoms with Crippen molar-refractivity contribution in [2.45, 2.75) is 63.1 Å². The summed E-state index contributed by atoms with van der Waals surface area (Å²) in [5.74, 6) is -1.25. The fourth-order valence-corrected chi connectivity index (χ4v) is 6.06. The molecule has 4 rings (SSSR count). The van der Waals surface area contributed by atoms with Gasteiger partial charge in [0, 0.05) is 29.6 Å². The summed E-state index contributed by atoms with van der Waals surface area (Å²) in [7, 11) is 0. The second kappa shape index (κ2) is 13.2. The van der Waals surface area contributed by atoms with Gasteiger partial charge in [0.05, 0.1) is 11.1 Å². The minimum atomic E-state index is -0.945. The van der Waals surface area contributed by atoms with Crippen LogP contribution in [0.3, 0.4) is 0 Å². The van der Waals surface area contributed by atoms with E-state index >= 15 is 0 Å². The number of likely N-dealkylation sites (tertiary alicyclic amines) is 1. The maximum atomic E-state index is 14.2. The van der Waals surface area contributed by atoms with Crippen molar-refractivity contribution in [3.8, 4) is 0 Å². The lowest BCUT2D eigenvalue weighted by Gasteiger charge is -2.44. The quantitative estimate of drug-likeness (QED) is 0.277. The van der Waals surface area contributed by atoms with E-state index < -0.39 is 18.1 Å². The van der Waals surface area contributed by atoms with Crippen molar-refractivity contribution < 1.29 is 14.7 Å². The Bertz CT molecular complexity index is 1090. The molecule has 4 N–H and O–H groups in total. The predicted octanol–water partition coefficient (Wildman–Crippen LogP) is 4.72. The van der Waals surface area contributed by atoms with E-state index in [4.69, 9.17) is 28.9 Å². The summed E-state index contributed by atoms with van der Waals surface area (Å²) in [6.07, 6.45) is 5.35. The topological polar surface area (TPSA) is 98.9 Å². The van der Waals surface area contributed by atoms with E-state index in [0.717, 1.165) is 43.5 Å². The van der Waals surface area contributed by atoms with E-state index in [2.05, 4.69) is 22.5 Å². The van der Waals surface area contributed by atoms with Crippen molar-refractivity contribution in [3.05, 3.63) is 69.2 Å². The molecule has 0 aromatic heterocycles. The Morgan fingerprint density at radius 3 is 2.54 bits per heavy atom. The van der Waals surface area contributed by atoms with Gasteiger partial charge in [-0.3, -0.25) is 9.59 Å². The molecule has 37 heavy (non-hydrogen) atoms. The van der Waals surface area contributed by atoms with Gasteiger partial charge in [0.15, 0.2) is 5.78 Å². The standard InChI is InChI=1S/C28H36Cl2N4O3/c29-20-11-12-22(24(30)16-20)27(35)26-23(18-33-14-6-1-7-15-33)21-9-3-2-8-19(21)17-34(26)32-25(28(36)37)10-4-5-13-31/h2-3,8-9,11-12,16,23,25-26,32H,1,4-7,10,13-15,17-18,31H2,(H,36,37)/t23?,25-,26?/m1/s1. The molecule has 0 amide bonds. The van der Waals surface area contributed by atoms with Gasteiger partial charge in [0.25, 0.3) is 0 Å². The largest absolute Gasteiger partial charge is 0.480 e. The molecule has 2 aliphatic heterocycles. The van der Waals surface area contributed by atoms with Crippen molar-refractivity contribution in [1.82, 2.24) is 15.3 Å². The minimum absolute atomic E-state index is 0.142. The maximum absolute atomic E-state index is 14.2. The van der Waals surface area contributed by atoms with Crippen LogP contribution in [0.25, 0.3) is 0 Å². The molecule has 2 aliphatic rings. The zero-order valence-electron chi connectivity index (χ0n) is 21.0. The predicted molar refractivity (Wildman–Crippen MR) is 147 cm³/mol. The first-order valence-electron chi connectivity index (χ1n) is 13.1. The van der Waals surface area contributed by atoms with Gasteiger partial charge in [-0.25, -0.2) is 10.4 Å². The van der Waals surface area contributed by atoms with Crippen LogP contribution in [-0.4, -0.2) is 65.0 Å². The average Bonchev–Trinajstić information content (AvgIpc) is 2.88. The third-order valence-corrected chi connectivity index (χ3v) is 8.00. The van der Waals surface area contributed by atoms with Gasteiger partial charge in [-0.05, 0) is 81.1 Å². The van der Waals surface area contributed by atoms with Crippen LogP contribution in [0, 0.1) is 0 Å². The molecule has 200 valence electrons. The molecule has 2 unspecified atom stereocenters. The number of ketones is 1. The highest BCUT2D eigenvalue weighted by atomic mass is 35.5. The minimum Gasteiger partial charge on any atom is -0.480 e. The Labute approximate surface area is 228 Å². The van der Waals surface area contributed by atoms with E-state index in [1.54, 1.807) is 18.2 Å². The summed E-state index contributed by atoms with van der Waals surface area (Å²) in [6.45, 7) is 3.62. The highest BCUT2D eigenvalue weighted by molar-refractivity contribution is 6.37. The molecular formula is C28H36Cl2N4O3. The number of rotatable bonds is 11. The Morgan fingerprint density at radius 2 is 1.84 bits per heavy atom. The number of nitrogens with two attached hydrogens (primary N) is 1. The van der Waals surface area contributed by atoms with Crippen LogP contribution in [0.5, 0.6) is 0 Å². The summed E-state index contributed by atoms with van der Waals surface area (Å²) >= 11 is 12.6. The van der Waals surface area contributed by atoms with Crippen molar-refractivity contribution in [3.63, 3.8) is 0 Å². The number of nitrogens with zero attached hydrogens (tertiary/aromatic N) is 2. The molecule has 2 heterocycles. The SMILES string of the molecule is NCCCC[C@@H](NN1Cc2ccccc2C(CN2CCCCC2)C1C(=O)c1ccc(Cl)cc1Cl)C(=O)O. The fourth-order valence-electron chi connectivity index (χ4n) is 5.56. The third kappa shape index (κ3) is 6.91. The van der Waals surface area contributed by atoms with Crippen LogP contribution >= 0.6 is 23.2 Å². The molecule has 0 aliphatic carbocycles. The molecule has 7 nitrogen and oxygen atoms in total. The van der Waals surface area contributed by atoms with Crippen LogP contribution in [0.1, 0.15) is 65.9 Å². The Hall–Kier alpha value is -2.00. The van der Waals surface area contributed by atoms with E-state index in [0.29, 0.717) is 48.1 Å². The summed E-state index contributed by atoms with van der Waals surface area (Å²) in [5.41, 5.74) is 11.5. The van der Waals surface area contributed by atoms with E-state index in [-0.39, 0.29) is 11.7 Å². The van der Waals surface area contributed by atoms with Crippen molar-refractivity contribution in [1.29, 1.82) is 0 Å². The first-order chi connectivity index (χ1) is 17.9. The number of aliphatic carboxylic acids is 1. The second-order valence-electron chi connectivity index (χ2n) is 10.0. The number of benzene rings is 2. The lowest BCUT2D eigenvalue weighted by atomic mass is 9.80. The molecule has 1 fully saturated rings. The maximum Gasteiger partial charge on any atom is 0.322 e. The van der Waals surface area contributed by atoms with Gasteiger partial charge < -0.3 is 15.7 Å². The number of hydrazine groups is 1. The van der Waals surface area contributed by atoms with Crippen LogP contribution < -0.4 is 11.2 Å². The first kappa shape index (κ1) is 28.0. The molecule has 3 atom stereocenters. The number of unbranched alkanes of at least 4 members (excludes halogenated alkanes) is 1. The van der Waals surface area contributed by atoms with Gasteiger partial charge in [-0.2, -0.15) is 0 Å². The van der Waals surface area contributed by atoms with E-state index in [9.17, 15) is 14.7 Å². The van der Waals surface area contributed by atoms with Crippen molar-refractivity contribution >= 4 is 35.0 Å². The number of carbonyl (C=O) groups is 2. The number of Topliss-reactive ketones (excluding diaryl/α,β-unsaturated/α-hetero) is 1. The summed E-state index contributed by atoms with van der Waals surface area (Å²) in [5, 5.41) is 12.6. The highest BCUT2D eigenvalue weighted by Crippen LogP contribution is 2.37. The fraction of sp³-hybridized carbons (Fsp3) is 0.500. The van der Waals surface area contributed by atoms with Crippen molar-refractivity contribution in [2.75, 3.05) is 26.2 Å². The number of carbonyl (C=O) groups excluding carboxylic acids is 1. The summed E-state index contributed by atoms with van der Waals surface area (Å²) in [4.78, 5) is 28.8. The number of carboxylic acid groups (broad SMARTS) is 1. The van der Waals surface area contributed by atoms with Crippen LogP contribution in [0.15, 0.2) is 42.5 Å². The number of piperidine rings is 1. The van der Waals surface area contributed by atoms with Gasteiger partial charge in [0.2, 0.25) is 0 Å². The lowest BCUT2D eigenvalue weighted by molar-refractivity contribution is -0.142. The normalized spacial score (nSPS) is 21.4. The molecule has 2 aromatic rings. The molecule has 0 radical (unpaired) electrons. The van der Waals surface area contributed by atoms with Gasteiger partial charge in [0.1, 0.15) is 6.04 Å². The summed E-state index contributed by atoms with van der Waals surface area (Å²) in [6, 6.07) is 11.6. The third-order valence-electron chi connectivity index (χ3n) is 7.45. The van der Waals surface area contributed by atoms with Gasteiger partial charge >= 0.3 is 5.97 Å². The monoisotopic (exact) mass is 546 g/mol. The van der Waals surface area contributed by atoms with E-state index in [1.807, 2.05) is 17.1 Å². The molecule has 1 saturated heterocycles. The van der Waals surface area contributed by atoms with Gasteiger partial charge in [-0.1, -0.05) is 53.9 Å². The number of fused-ring (bicyclic) bond motifs is 1. The molecular weight excluding hydrogens is 511 g/mol. The Morgan fingerprint density at radius 1 is 1.08 bits per heavy atom. The average molecular weight is 548 g/mol. The molecule has 9 heteroatoms. The number of hydrogen-bond acceptors (Lipinski definition) is 6. The molecule has 2 aromatic carbocycles. The van der Waals surface area contributed by atoms with Crippen LogP contribution in [0.4, 0.5) is 0 Å². The smallest absolute Gasteiger partial charge is 0.322 e. The number of nitrogens with one attached hydrogen (secondary N) is 1. The van der Waals surface area contributed by atoms with E-state index in [1.165, 1.54) is 6.42 Å². The molecule has 0 saturated carbocycles. The zero-order valence-corrected chi connectivity index (χ0v) is 22.6. The second-order valence-corrected chi connectivity index (χ2v) is 10.9. The highest BCUT2D eigenvalue weighted by Gasteiger charge is 2.42. The zero-order chi connectivity index (χ0) is 26.4. The first-order valence-corrected chi connectivity index (χ1v) is 13.9. The number of carboxylic acids is 1. The number of halogens is 2. The van der Waals surface area contributed by atoms with Crippen molar-refractivity contribution in [2.24, 2.45) is 5.73 Å². The molecule has 0 bridgehead atoms. The van der Waals surface area contributed by atoms with Gasteiger partial charge in [-0.15, -0.1) is 0 Å².